The summed E-state index contributed by atoms with van der Waals surface area (Å²) in [4.78, 5) is 28.8. The minimum Gasteiger partial charge on any atom is -0.481 e. The van der Waals surface area contributed by atoms with Crippen molar-refractivity contribution in [3.63, 3.8) is 0 Å². The summed E-state index contributed by atoms with van der Waals surface area (Å²) in [6, 6.07) is 8.22. The van der Waals surface area contributed by atoms with Crippen LogP contribution in [0.3, 0.4) is 0 Å². The maximum Gasteiger partial charge on any atom is 0.307 e. The number of aromatic amines is 1. The molecule has 3 aromatic rings. The van der Waals surface area contributed by atoms with Gasteiger partial charge in [0.2, 0.25) is 11.9 Å². The van der Waals surface area contributed by atoms with E-state index < -0.39 is 29.8 Å². The Kier molecular flexibility index (Phi) is 5.71. The number of aromatic nitrogens is 3. The molecule has 0 saturated heterocycles. The Labute approximate surface area is 179 Å². The summed E-state index contributed by atoms with van der Waals surface area (Å²) in [5, 5.41) is 20.2. The lowest BCUT2D eigenvalue weighted by atomic mass is 9.93. The third-order valence-corrected chi connectivity index (χ3v) is 6.07. The third kappa shape index (κ3) is 4.15. The summed E-state index contributed by atoms with van der Waals surface area (Å²) in [7, 11) is 0. The van der Waals surface area contributed by atoms with E-state index in [4.69, 9.17) is 0 Å². The number of carboxylic acids is 1. The van der Waals surface area contributed by atoms with Crippen LogP contribution in [0.1, 0.15) is 61.9 Å². The molecule has 7 nitrogen and oxygen atoms in total. The van der Waals surface area contributed by atoms with Crippen molar-refractivity contribution in [1.29, 1.82) is 0 Å². The van der Waals surface area contributed by atoms with E-state index in [0.29, 0.717) is 36.1 Å². The molecule has 8 heteroatoms. The number of nitrogens with one attached hydrogen (secondary N) is 2. The number of carbonyl (C=O) groups is 2. The summed E-state index contributed by atoms with van der Waals surface area (Å²) < 4.78 is 14.7. The SMILES string of the molecule is CC(C)c1ccc(C(NC(=O)C2CCCC2C(=O)O)c2ccc3cn[nH]c3c2)nc1F. The largest absolute Gasteiger partial charge is 0.481 e. The van der Waals surface area contributed by atoms with Crippen LogP contribution in [0.2, 0.25) is 0 Å². The number of hydrogen-bond donors (Lipinski definition) is 3. The van der Waals surface area contributed by atoms with E-state index in [2.05, 4.69) is 20.5 Å². The molecule has 1 aliphatic carbocycles. The molecule has 0 bridgehead atoms. The fourth-order valence-corrected chi connectivity index (χ4v) is 4.33. The molecule has 162 valence electrons. The number of carboxylic acid groups (broad SMARTS) is 1. The van der Waals surface area contributed by atoms with E-state index in [-0.39, 0.29) is 11.8 Å². The molecular weight excluding hydrogens is 399 g/mol. The molecule has 0 radical (unpaired) electrons. The zero-order valence-electron chi connectivity index (χ0n) is 17.4. The third-order valence-electron chi connectivity index (χ3n) is 6.07. The van der Waals surface area contributed by atoms with Gasteiger partial charge in [-0.25, -0.2) is 4.98 Å². The zero-order valence-corrected chi connectivity index (χ0v) is 17.4. The standard InChI is InChI=1S/C23H25FN4O3/c1-12(2)15-8-9-18(26-21(15)24)20(13-6-7-14-11-25-28-19(14)10-13)27-22(29)16-4-3-5-17(16)23(30)31/h6-12,16-17,20H,3-5H2,1-2H3,(H,25,28)(H,27,29)(H,30,31). The fourth-order valence-electron chi connectivity index (χ4n) is 4.33. The molecule has 1 amide bonds. The first-order valence-corrected chi connectivity index (χ1v) is 10.5. The van der Waals surface area contributed by atoms with Crippen molar-refractivity contribution in [2.45, 2.75) is 45.1 Å². The number of nitrogens with zero attached hydrogens (tertiary/aromatic N) is 2. The zero-order chi connectivity index (χ0) is 22.1. The van der Waals surface area contributed by atoms with Gasteiger partial charge >= 0.3 is 5.97 Å². The predicted molar refractivity (Wildman–Crippen MR) is 113 cm³/mol. The van der Waals surface area contributed by atoms with Gasteiger partial charge in [0.15, 0.2) is 0 Å². The van der Waals surface area contributed by atoms with Crippen LogP contribution in [-0.2, 0) is 9.59 Å². The lowest BCUT2D eigenvalue weighted by Crippen LogP contribution is -2.38. The number of halogens is 1. The van der Waals surface area contributed by atoms with Crippen molar-refractivity contribution in [2.24, 2.45) is 11.8 Å². The van der Waals surface area contributed by atoms with E-state index in [0.717, 1.165) is 10.9 Å². The second kappa shape index (κ2) is 8.45. The molecule has 1 aliphatic rings. The van der Waals surface area contributed by atoms with E-state index in [9.17, 15) is 19.1 Å². The van der Waals surface area contributed by atoms with Crippen LogP contribution < -0.4 is 5.32 Å². The van der Waals surface area contributed by atoms with Crippen LogP contribution >= 0.6 is 0 Å². The molecule has 3 N–H and O–H groups in total. The predicted octanol–water partition coefficient (Wildman–Crippen LogP) is 3.93. The molecule has 4 rings (SSSR count). The average molecular weight is 424 g/mol. The van der Waals surface area contributed by atoms with Gasteiger partial charge in [0.05, 0.1) is 35.3 Å². The van der Waals surface area contributed by atoms with E-state index in [1.165, 1.54) is 0 Å². The van der Waals surface area contributed by atoms with Crippen molar-refractivity contribution in [3.8, 4) is 0 Å². The number of aliphatic carboxylic acids is 1. The first-order chi connectivity index (χ1) is 14.8. The molecule has 1 fully saturated rings. The van der Waals surface area contributed by atoms with Gasteiger partial charge < -0.3 is 10.4 Å². The topological polar surface area (TPSA) is 108 Å². The highest BCUT2D eigenvalue weighted by molar-refractivity contribution is 5.86. The molecule has 1 aromatic carbocycles. The molecule has 3 unspecified atom stereocenters. The quantitative estimate of drug-likeness (QED) is 0.520. The molecular formula is C23H25FN4O3. The van der Waals surface area contributed by atoms with E-state index in [1.807, 2.05) is 32.0 Å². The first kappa shape index (κ1) is 21.0. The smallest absolute Gasteiger partial charge is 0.307 e. The number of amides is 1. The van der Waals surface area contributed by atoms with E-state index >= 15 is 0 Å². The van der Waals surface area contributed by atoms with Gasteiger partial charge in [0.1, 0.15) is 0 Å². The van der Waals surface area contributed by atoms with Gasteiger partial charge in [0.25, 0.3) is 0 Å². The molecule has 0 aliphatic heterocycles. The summed E-state index contributed by atoms with van der Waals surface area (Å²) >= 11 is 0. The average Bonchev–Trinajstić information content (AvgIpc) is 3.40. The fraction of sp³-hybridized carbons (Fsp3) is 0.391. The van der Waals surface area contributed by atoms with Crippen molar-refractivity contribution >= 4 is 22.8 Å². The van der Waals surface area contributed by atoms with E-state index in [1.54, 1.807) is 18.3 Å². The van der Waals surface area contributed by atoms with Gasteiger partial charge in [-0.3, -0.25) is 14.7 Å². The van der Waals surface area contributed by atoms with Crippen molar-refractivity contribution in [1.82, 2.24) is 20.5 Å². The van der Waals surface area contributed by atoms with Crippen LogP contribution in [0.5, 0.6) is 0 Å². The molecule has 3 atom stereocenters. The van der Waals surface area contributed by atoms with Crippen molar-refractivity contribution in [2.75, 3.05) is 0 Å². The Morgan fingerprint density at radius 2 is 1.97 bits per heavy atom. The van der Waals surface area contributed by atoms with Crippen LogP contribution in [-0.4, -0.2) is 32.2 Å². The normalized spacial score (nSPS) is 19.6. The summed E-state index contributed by atoms with van der Waals surface area (Å²) in [5.74, 6) is -3.22. The Balaban J connectivity index is 1.71. The summed E-state index contributed by atoms with van der Waals surface area (Å²) in [5.41, 5.74) is 2.35. The van der Waals surface area contributed by atoms with Gasteiger partial charge in [-0.1, -0.05) is 38.5 Å². The van der Waals surface area contributed by atoms with Gasteiger partial charge in [-0.05, 0) is 36.5 Å². The van der Waals surface area contributed by atoms with Crippen LogP contribution in [0.25, 0.3) is 10.9 Å². The summed E-state index contributed by atoms with van der Waals surface area (Å²) in [6.45, 7) is 3.77. The van der Waals surface area contributed by atoms with Crippen LogP contribution in [0.15, 0.2) is 36.5 Å². The van der Waals surface area contributed by atoms with Crippen LogP contribution in [0, 0.1) is 17.8 Å². The van der Waals surface area contributed by atoms with Crippen molar-refractivity contribution < 1.29 is 19.1 Å². The lowest BCUT2D eigenvalue weighted by molar-refractivity contribution is -0.146. The number of hydrogen-bond acceptors (Lipinski definition) is 4. The first-order valence-electron chi connectivity index (χ1n) is 10.5. The highest BCUT2D eigenvalue weighted by Crippen LogP contribution is 2.34. The van der Waals surface area contributed by atoms with Gasteiger partial charge in [-0.2, -0.15) is 9.49 Å². The van der Waals surface area contributed by atoms with Gasteiger partial charge in [0, 0.05) is 10.9 Å². The molecule has 2 heterocycles. The number of benzene rings is 1. The Morgan fingerprint density at radius 3 is 2.68 bits per heavy atom. The number of carbonyl (C=O) groups excluding carboxylic acids is 1. The highest BCUT2D eigenvalue weighted by atomic mass is 19.1. The lowest BCUT2D eigenvalue weighted by Gasteiger charge is -2.23. The number of fused-ring (bicyclic) bond motifs is 1. The van der Waals surface area contributed by atoms with Crippen molar-refractivity contribution in [3.05, 3.63) is 59.3 Å². The maximum atomic E-state index is 14.7. The maximum absolute atomic E-state index is 14.7. The van der Waals surface area contributed by atoms with Crippen LogP contribution in [0.4, 0.5) is 4.39 Å². The number of H-pyrrole nitrogens is 1. The van der Waals surface area contributed by atoms with Gasteiger partial charge in [-0.15, -0.1) is 0 Å². The minimum absolute atomic E-state index is 0.0225. The monoisotopic (exact) mass is 424 g/mol. The second-order valence-electron chi connectivity index (χ2n) is 8.41. The Bertz CT molecular complexity index is 1130. The Morgan fingerprint density at radius 1 is 1.19 bits per heavy atom. The second-order valence-corrected chi connectivity index (χ2v) is 8.41. The summed E-state index contributed by atoms with van der Waals surface area (Å²) in [6.07, 6.45) is 3.38. The Hall–Kier alpha value is -3.29. The molecule has 0 spiro atoms. The minimum atomic E-state index is -0.960. The number of rotatable bonds is 6. The highest BCUT2D eigenvalue weighted by Gasteiger charge is 2.38. The number of pyridine rings is 1. The molecule has 1 saturated carbocycles. The molecule has 2 aromatic heterocycles. The molecule has 31 heavy (non-hydrogen) atoms.